The Morgan fingerprint density at radius 3 is 2.74 bits per heavy atom. The second-order valence-electron chi connectivity index (χ2n) is 5.32. The average molecular weight is 345 g/mol. The zero-order valence-corrected chi connectivity index (χ0v) is 14.4. The van der Waals surface area contributed by atoms with E-state index in [1.165, 1.54) is 11.3 Å². The van der Waals surface area contributed by atoms with Crippen molar-refractivity contribution < 1.29 is 4.79 Å². The molecule has 0 spiro atoms. The number of aromatic nitrogens is 1. The first kappa shape index (κ1) is 16.0. The summed E-state index contributed by atoms with van der Waals surface area (Å²) < 4.78 is 3.15. The largest absolute Gasteiger partial charge is 0.316 e. The predicted octanol–water partition coefficient (Wildman–Crippen LogP) is 4.44. The highest BCUT2D eigenvalue weighted by Crippen LogP contribution is 2.22. The van der Waals surface area contributed by atoms with Gasteiger partial charge in [0.1, 0.15) is 0 Å². The lowest BCUT2D eigenvalue weighted by atomic mass is 10.1. The van der Waals surface area contributed by atoms with Crippen molar-refractivity contribution in [1.29, 1.82) is 0 Å². The summed E-state index contributed by atoms with van der Waals surface area (Å²) in [5.74, 6) is -0.126. The molecule has 0 saturated heterocycles. The van der Waals surface area contributed by atoms with E-state index in [1.807, 2.05) is 48.5 Å². The van der Waals surface area contributed by atoms with Crippen LogP contribution in [0.2, 0.25) is 5.02 Å². The number of carbonyl (C=O) groups excluding carboxylic acids is 1. The van der Waals surface area contributed by atoms with Gasteiger partial charge in [-0.25, -0.2) is 0 Å². The van der Waals surface area contributed by atoms with Crippen molar-refractivity contribution in [2.75, 3.05) is 0 Å². The summed E-state index contributed by atoms with van der Waals surface area (Å²) in [6.45, 7) is 2.95. The summed E-state index contributed by atoms with van der Waals surface area (Å²) in [5, 5.41) is 0.699. The van der Waals surface area contributed by atoms with Gasteiger partial charge in [0.15, 0.2) is 4.80 Å². The molecule has 3 aromatic rings. The van der Waals surface area contributed by atoms with Crippen molar-refractivity contribution in [2.45, 2.75) is 26.3 Å². The van der Waals surface area contributed by atoms with Crippen LogP contribution in [0.15, 0.2) is 53.5 Å². The van der Waals surface area contributed by atoms with Gasteiger partial charge in [-0.05, 0) is 30.2 Å². The van der Waals surface area contributed by atoms with Crippen LogP contribution < -0.4 is 4.80 Å². The number of hydrogen-bond acceptors (Lipinski definition) is 2. The zero-order chi connectivity index (χ0) is 16.2. The Labute approximate surface area is 143 Å². The molecule has 1 amide bonds. The number of carbonyl (C=O) groups is 1. The molecule has 3 nitrogen and oxygen atoms in total. The van der Waals surface area contributed by atoms with E-state index in [1.54, 1.807) is 0 Å². The number of fused-ring (bicyclic) bond motifs is 1. The minimum Gasteiger partial charge on any atom is -0.316 e. The van der Waals surface area contributed by atoms with Crippen LogP contribution in [0.5, 0.6) is 0 Å². The third-order valence-corrected chi connectivity index (χ3v) is 4.79. The molecule has 2 aromatic carbocycles. The molecule has 118 valence electrons. The van der Waals surface area contributed by atoms with E-state index in [9.17, 15) is 4.79 Å². The molecule has 0 bridgehead atoms. The van der Waals surface area contributed by atoms with Gasteiger partial charge in [-0.15, -0.1) is 0 Å². The Balaban J connectivity index is 2.00. The monoisotopic (exact) mass is 344 g/mol. The van der Waals surface area contributed by atoms with Crippen LogP contribution in [-0.2, 0) is 17.8 Å². The maximum atomic E-state index is 12.3. The molecule has 23 heavy (non-hydrogen) atoms. The van der Waals surface area contributed by atoms with Gasteiger partial charge in [0.2, 0.25) is 0 Å². The van der Waals surface area contributed by atoms with Crippen LogP contribution in [0.4, 0.5) is 0 Å². The summed E-state index contributed by atoms with van der Waals surface area (Å²) in [6.07, 6.45) is 1.30. The molecule has 0 fully saturated rings. The van der Waals surface area contributed by atoms with E-state index in [0.29, 0.717) is 11.4 Å². The van der Waals surface area contributed by atoms with Crippen molar-refractivity contribution in [3.63, 3.8) is 0 Å². The lowest BCUT2D eigenvalue weighted by Crippen LogP contribution is -2.17. The fraction of sp³-hybridized carbons (Fsp3) is 0.222. The molecule has 0 saturated carbocycles. The number of aryl methyl sites for hydroxylation is 1. The average Bonchev–Trinajstić information content (AvgIpc) is 2.85. The van der Waals surface area contributed by atoms with Gasteiger partial charge < -0.3 is 4.57 Å². The smallest absolute Gasteiger partial charge is 0.252 e. The third kappa shape index (κ3) is 3.71. The van der Waals surface area contributed by atoms with E-state index in [-0.39, 0.29) is 5.91 Å². The van der Waals surface area contributed by atoms with E-state index in [2.05, 4.69) is 16.5 Å². The van der Waals surface area contributed by atoms with Crippen LogP contribution in [0.25, 0.3) is 10.2 Å². The fourth-order valence-electron chi connectivity index (χ4n) is 2.49. The van der Waals surface area contributed by atoms with Gasteiger partial charge >= 0.3 is 0 Å². The quantitative estimate of drug-likeness (QED) is 0.689. The van der Waals surface area contributed by atoms with Crippen LogP contribution in [0, 0.1) is 0 Å². The minimum atomic E-state index is -0.126. The molecular weight excluding hydrogens is 328 g/mol. The summed E-state index contributed by atoms with van der Waals surface area (Å²) in [6, 6.07) is 15.5. The van der Waals surface area contributed by atoms with Crippen molar-refractivity contribution in [2.24, 2.45) is 4.99 Å². The first-order valence-electron chi connectivity index (χ1n) is 7.57. The lowest BCUT2D eigenvalue weighted by Gasteiger charge is -2.02. The summed E-state index contributed by atoms with van der Waals surface area (Å²) in [7, 11) is 0. The van der Waals surface area contributed by atoms with Crippen LogP contribution in [0.3, 0.4) is 0 Å². The van der Waals surface area contributed by atoms with E-state index >= 15 is 0 Å². The molecule has 0 aliphatic carbocycles. The van der Waals surface area contributed by atoms with Crippen LogP contribution in [-0.4, -0.2) is 10.5 Å². The summed E-state index contributed by atoms with van der Waals surface area (Å²) in [5.41, 5.74) is 2.06. The van der Waals surface area contributed by atoms with Gasteiger partial charge in [-0.2, -0.15) is 4.99 Å². The molecule has 0 aliphatic rings. The van der Waals surface area contributed by atoms with Crippen molar-refractivity contribution >= 4 is 39.1 Å². The molecule has 0 N–H and O–H groups in total. The molecular formula is C18H17ClN2OS. The number of nitrogens with zero attached hydrogens (tertiary/aromatic N) is 2. The van der Waals surface area contributed by atoms with Crippen molar-refractivity contribution in [3.8, 4) is 0 Å². The highest BCUT2D eigenvalue weighted by atomic mass is 35.5. The summed E-state index contributed by atoms with van der Waals surface area (Å²) >= 11 is 7.58. The number of hydrogen-bond donors (Lipinski definition) is 0. The van der Waals surface area contributed by atoms with E-state index < -0.39 is 0 Å². The Morgan fingerprint density at radius 1 is 1.22 bits per heavy atom. The molecule has 5 heteroatoms. The second kappa shape index (κ2) is 7.11. The number of amides is 1. The first-order valence-corrected chi connectivity index (χ1v) is 8.77. The van der Waals surface area contributed by atoms with Gasteiger partial charge in [0, 0.05) is 11.6 Å². The molecule has 3 rings (SSSR count). The fourth-order valence-corrected chi connectivity index (χ4v) is 3.84. The van der Waals surface area contributed by atoms with Crippen molar-refractivity contribution in [1.82, 2.24) is 4.57 Å². The number of rotatable bonds is 4. The number of halogens is 1. The van der Waals surface area contributed by atoms with Gasteiger partial charge in [-0.3, -0.25) is 4.79 Å². The van der Waals surface area contributed by atoms with Crippen LogP contribution >= 0.6 is 22.9 Å². The standard InChI is InChI=1S/C18H17ClN2OS/c1-2-10-21-15-9-8-14(19)12-16(15)23-18(21)20-17(22)11-13-6-4-3-5-7-13/h3-9,12H,2,10-11H2,1H3. The van der Waals surface area contributed by atoms with E-state index in [0.717, 1.165) is 33.5 Å². The molecule has 0 unspecified atom stereocenters. The Morgan fingerprint density at radius 2 is 2.00 bits per heavy atom. The molecule has 0 radical (unpaired) electrons. The van der Waals surface area contributed by atoms with Crippen LogP contribution in [0.1, 0.15) is 18.9 Å². The SMILES string of the molecule is CCCn1c(=NC(=O)Cc2ccccc2)sc2cc(Cl)ccc21. The highest BCUT2D eigenvalue weighted by Gasteiger charge is 2.08. The molecule has 1 heterocycles. The van der Waals surface area contributed by atoms with Crippen molar-refractivity contribution in [3.05, 3.63) is 63.9 Å². The topological polar surface area (TPSA) is 34.4 Å². The zero-order valence-electron chi connectivity index (χ0n) is 12.8. The normalized spacial score (nSPS) is 12.0. The number of thiazole rings is 1. The minimum absolute atomic E-state index is 0.126. The molecule has 0 atom stereocenters. The highest BCUT2D eigenvalue weighted by molar-refractivity contribution is 7.16. The molecule has 0 aliphatic heterocycles. The Bertz CT molecular complexity index is 896. The molecule has 1 aromatic heterocycles. The second-order valence-corrected chi connectivity index (χ2v) is 6.76. The van der Waals surface area contributed by atoms with E-state index in [4.69, 9.17) is 11.6 Å². The van der Waals surface area contributed by atoms with Gasteiger partial charge in [-0.1, -0.05) is 60.2 Å². The Hall–Kier alpha value is -1.91. The Kier molecular flexibility index (Phi) is 4.94. The third-order valence-electron chi connectivity index (χ3n) is 3.51. The maximum absolute atomic E-state index is 12.3. The van der Waals surface area contributed by atoms with Gasteiger partial charge in [0.25, 0.3) is 5.91 Å². The maximum Gasteiger partial charge on any atom is 0.252 e. The summed E-state index contributed by atoms with van der Waals surface area (Å²) in [4.78, 5) is 17.4. The number of benzene rings is 2. The van der Waals surface area contributed by atoms with Gasteiger partial charge in [0.05, 0.1) is 16.6 Å². The predicted molar refractivity (Wildman–Crippen MR) is 95.8 cm³/mol. The lowest BCUT2D eigenvalue weighted by molar-refractivity contribution is -0.117. The first-order chi connectivity index (χ1) is 11.2.